The molecule has 4 aromatic rings. The number of halogens is 1. The summed E-state index contributed by atoms with van der Waals surface area (Å²) in [6.45, 7) is 0. The molecule has 0 aliphatic heterocycles. The van der Waals surface area contributed by atoms with Gasteiger partial charge < -0.3 is 0 Å². The van der Waals surface area contributed by atoms with E-state index < -0.39 is 0 Å². The Morgan fingerprint density at radius 1 is 1.18 bits per heavy atom. The van der Waals surface area contributed by atoms with Gasteiger partial charge >= 0.3 is 0 Å². The smallest absolute Gasteiger partial charge is 0.291 e. The van der Waals surface area contributed by atoms with E-state index in [1.165, 1.54) is 10.7 Å². The fourth-order valence-corrected chi connectivity index (χ4v) is 3.44. The fraction of sp³-hybridized carbons (Fsp3) is 0. The maximum absolute atomic E-state index is 12.0. The number of nitrogens with one attached hydrogen (secondary N) is 1. The summed E-state index contributed by atoms with van der Waals surface area (Å²) in [4.78, 5) is 17.3. The number of benzene rings is 1. The van der Waals surface area contributed by atoms with E-state index in [1.807, 2.05) is 18.2 Å². The van der Waals surface area contributed by atoms with Gasteiger partial charge in [0.25, 0.3) is 5.56 Å². The molecule has 0 saturated carbocycles. The van der Waals surface area contributed by atoms with Gasteiger partial charge in [-0.3, -0.25) is 9.89 Å². The number of thiophene rings is 1. The van der Waals surface area contributed by atoms with E-state index in [1.54, 1.807) is 17.5 Å². The first kappa shape index (κ1) is 13.3. The normalized spacial score (nSPS) is 11.1. The minimum absolute atomic E-state index is 0.0991. The molecule has 0 spiro atoms. The molecule has 4 nitrogen and oxygen atoms in total. The standard InChI is InChI=1S/C16H10ClN3OS/c17-13-8-18-15-12(7-19-20(15)16(13)21)14-6-11(9-22-14)10-4-2-1-3-5-10/h1-9,19H. The first-order valence-corrected chi connectivity index (χ1v) is 7.89. The van der Waals surface area contributed by atoms with Gasteiger partial charge in [-0.05, 0) is 22.6 Å². The van der Waals surface area contributed by atoms with Crippen molar-refractivity contribution in [3.05, 3.63) is 69.5 Å². The van der Waals surface area contributed by atoms with E-state index in [2.05, 4.69) is 33.7 Å². The Morgan fingerprint density at radius 3 is 2.82 bits per heavy atom. The molecule has 3 heterocycles. The van der Waals surface area contributed by atoms with Crippen LogP contribution in [0.2, 0.25) is 5.02 Å². The van der Waals surface area contributed by atoms with Gasteiger partial charge in [-0.2, -0.15) is 4.52 Å². The summed E-state index contributed by atoms with van der Waals surface area (Å²) < 4.78 is 1.36. The molecule has 0 aliphatic rings. The summed E-state index contributed by atoms with van der Waals surface area (Å²) in [5, 5.41) is 5.11. The van der Waals surface area contributed by atoms with Gasteiger partial charge in [0.1, 0.15) is 5.02 Å². The Labute approximate surface area is 134 Å². The quantitative estimate of drug-likeness (QED) is 0.603. The molecule has 22 heavy (non-hydrogen) atoms. The number of hydrogen-bond acceptors (Lipinski definition) is 3. The number of hydrogen-bond donors (Lipinski definition) is 1. The second-order valence-corrected chi connectivity index (χ2v) is 6.14. The Hall–Kier alpha value is -2.37. The first-order valence-electron chi connectivity index (χ1n) is 6.63. The van der Waals surface area contributed by atoms with Gasteiger partial charge in [0.05, 0.1) is 11.8 Å². The van der Waals surface area contributed by atoms with Gasteiger partial charge in [0.2, 0.25) is 0 Å². The molecular formula is C16H10ClN3OS. The van der Waals surface area contributed by atoms with Crippen molar-refractivity contribution in [2.75, 3.05) is 0 Å². The zero-order chi connectivity index (χ0) is 15.1. The predicted octanol–water partition coefficient (Wildman–Crippen LogP) is 4.07. The summed E-state index contributed by atoms with van der Waals surface area (Å²) in [6.07, 6.45) is 3.17. The molecule has 0 amide bonds. The lowest BCUT2D eigenvalue weighted by Crippen LogP contribution is -2.14. The number of H-pyrrole nitrogens is 1. The van der Waals surface area contributed by atoms with Crippen LogP contribution < -0.4 is 5.56 Å². The molecule has 0 atom stereocenters. The summed E-state index contributed by atoms with van der Waals surface area (Å²) in [5.74, 6) is 0. The van der Waals surface area contributed by atoms with Crippen molar-refractivity contribution < 1.29 is 0 Å². The number of nitrogens with zero attached hydrogens (tertiary/aromatic N) is 2. The summed E-state index contributed by atoms with van der Waals surface area (Å²) >= 11 is 7.43. The molecule has 6 heteroatoms. The molecule has 0 radical (unpaired) electrons. The van der Waals surface area contributed by atoms with Crippen LogP contribution in [0.5, 0.6) is 0 Å². The average Bonchev–Trinajstić information content (AvgIpc) is 3.18. The zero-order valence-electron chi connectivity index (χ0n) is 11.3. The third-order valence-corrected chi connectivity index (χ3v) is 4.69. The van der Waals surface area contributed by atoms with Crippen molar-refractivity contribution in [3.8, 4) is 21.6 Å². The second kappa shape index (κ2) is 5.12. The number of rotatable bonds is 2. The van der Waals surface area contributed by atoms with Gasteiger partial charge in [-0.1, -0.05) is 41.9 Å². The zero-order valence-corrected chi connectivity index (χ0v) is 12.9. The van der Waals surface area contributed by atoms with Gasteiger partial charge in [0.15, 0.2) is 5.65 Å². The Balaban J connectivity index is 1.85. The molecular weight excluding hydrogens is 318 g/mol. The Bertz CT molecular complexity index is 1020. The maximum Gasteiger partial charge on any atom is 0.291 e. The monoisotopic (exact) mass is 327 g/mol. The topological polar surface area (TPSA) is 50.2 Å². The molecule has 0 bridgehead atoms. The van der Waals surface area contributed by atoms with Crippen LogP contribution in [0.25, 0.3) is 27.2 Å². The summed E-state index contributed by atoms with van der Waals surface area (Å²) in [6, 6.07) is 12.3. The molecule has 1 aromatic carbocycles. The van der Waals surface area contributed by atoms with E-state index in [-0.39, 0.29) is 10.6 Å². The van der Waals surface area contributed by atoms with Crippen molar-refractivity contribution in [2.45, 2.75) is 0 Å². The lowest BCUT2D eigenvalue weighted by atomic mass is 10.1. The lowest BCUT2D eigenvalue weighted by Gasteiger charge is -1.96. The average molecular weight is 328 g/mol. The van der Waals surface area contributed by atoms with Gasteiger partial charge in [-0.15, -0.1) is 11.3 Å². The van der Waals surface area contributed by atoms with Crippen LogP contribution in [-0.4, -0.2) is 14.6 Å². The highest BCUT2D eigenvalue weighted by Gasteiger charge is 2.13. The van der Waals surface area contributed by atoms with Crippen molar-refractivity contribution in [3.63, 3.8) is 0 Å². The first-order chi connectivity index (χ1) is 10.7. The Kier molecular flexibility index (Phi) is 3.10. The van der Waals surface area contributed by atoms with Crippen LogP contribution >= 0.6 is 22.9 Å². The summed E-state index contributed by atoms with van der Waals surface area (Å²) in [7, 11) is 0. The van der Waals surface area contributed by atoms with Crippen molar-refractivity contribution in [2.24, 2.45) is 0 Å². The van der Waals surface area contributed by atoms with Crippen molar-refractivity contribution >= 4 is 28.6 Å². The van der Waals surface area contributed by atoms with E-state index in [9.17, 15) is 4.79 Å². The van der Waals surface area contributed by atoms with E-state index in [4.69, 9.17) is 11.6 Å². The third-order valence-electron chi connectivity index (χ3n) is 3.47. The molecule has 4 rings (SSSR count). The van der Waals surface area contributed by atoms with E-state index in [0.717, 1.165) is 21.6 Å². The molecule has 0 unspecified atom stereocenters. The van der Waals surface area contributed by atoms with Crippen molar-refractivity contribution in [1.29, 1.82) is 0 Å². The third kappa shape index (κ3) is 2.06. The Morgan fingerprint density at radius 2 is 2.00 bits per heavy atom. The lowest BCUT2D eigenvalue weighted by molar-refractivity contribution is 0.899. The highest BCUT2D eigenvalue weighted by molar-refractivity contribution is 7.14. The van der Waals surface area contributed by atoms with Crippen LogP contribution in [0.3, 0.4) is 0 Å². The molecule has 0 fully saturated rings. The summed E-state index contributed by atoms with van der Waals surface area (Å²) in [5.41, 5.74) is 3.49. The largest absolute Gasteiger partial charge is 0.296 e. The van der Waals surface area contributed by atoms with E-state index >= 15 is 0 Å². The minimum atomic E-state index is -0.294. The van der Waals surface area contributed by atoms with Crippen LogP contribution in [0.4, 0.5) is 0 Å². The minimum Gasteiger partial charge on any atom is -0.296 e. The molecule has 0 saturated heterocycles. The van der Waals surface area contributed by atoms with Crippen LogP contribution in [0.1, 0.15) is 0 Å². The highest BCUT2D eigenvalue weighted by atomic mass is 35.5. The predicted molar refractivity (Wildman–Crippen MR) is 89.6 cm³/mol. The van der Waals surface area contributed by atoms with Gasteiger partial charge in [0, 0.05) is 11.1 Å². The van der Waals surface area contributed by atoms with Gasteiger partial charge in [-0.25, -0.2) is 4.98 Å². The molecule has 108 valence electrons. The van der Waals surface area contributed by atoms with Crippen LogP contribution in [-0.2, 0) is 0 Å². The maximum atomic E-state index is 12.0. The fourth-order valence-electron chi connectivity index (χ4n) is 2.38. The SMILES string of the molecule is O=c1c(Cl)cnc2c(-c3cc(-c4ccccc4)cs3)c[nH]n12. The number of fused-ring (bicyclic) bond motifs is 1. The second-order valence-electron chi connectivity index (χ2n) is 4.82. The van der Waals surface area contributed by atoms with E-state index in [0.29, 0.717) is 5.65 Å². The van der Waals surface area contributed by atoms with Crippen molar-refractivity contribution in [1.82, 2.24) is 14.6 Å². The number of aromatic amines is 1. The molecule has 1 N–H and O–H groups in total. The number of aromatic nitrogens is 3. The molecule has 0 aliphatic carbocycles. The molecule has 3 aromatic heterocycles. The highest BCUT2D eigenvalue weighted by Crippen LogP contribution is 2.33. The van der Waals surface area contributed by atoms with Crippen LogP contribution in [0.15, 0.2) is 59.0 Å². The van der Waals surface area contributed by atoms with Crippen LogP contribution in [0, 0.1) is 0 Å².